The molecule has 1 aromatic carbocycles. The van der Waals surface area contributed by atoms with Crippen molar-refractivity contribution in [2.24, 2.45) is 5.92 Å². The number of fused-ring (bicyclic) bond motifs is 1. The molecule has 0 bridgehead atoms. The van der Waals surface area contributed by atoms with Crippen LogP contribution < -0.4 is 5.32 Å². The first-order valence-corrected chi connectivity index (χ1v) is 8.92. The van der Waals surface area contributed by atoms with E-state index in [9.17, 15) is 4.79 Å². The van der Waals surface area contributed by atoms with Gasteiger partial charge in [-0.2, -0.15) is 0 Å². The first-order valence-electron chi connectivity index (χ1n) is 8.92. The highest BCUT2D eigenvalue weighted by atomic mass is 16.3. The van der Waals surface area contributed by atoms with Crippen molar-refractivity contribution >= 4 is 17.0 Å². The minimum absolute atomic E-state index is 0.113. The van der Waals surface area contributed by atoms with Crippen molar-refractivity contribution in [3.8, 4) is 0 Å². The molecule has 1 fully saturated rings. The van der Waals surface area contributed by atoms with Crippen molar-refractivity contribution in [3.63, 3.8) is 0 Å². The van der Waals surface area contributed by atoms with E-state index in [1.165, 1.54) is 0 Å². The highest BCUT2D eigenvalue weighted by Crippen LogP contribution is 2.29. The summed E-state index contributed by atoms with van der Waals surface area (Å²) in [4.78, 5) is 19.2. The quantitative estimate of drug-likeness (QED) is 0.915. The molecule has 2 atom stereocenters. The molecule has 1 N–H and O–H groups in total. The van der Waals surface area contributed by atoms with Crippen LogP contribution in [0.5, 0.6) is 0 Å². The van der Waals surface area contributed by atoms with Gasteiger partial charge in [-0.25, -0.2) is 4.98 Å². The number of piperidine rings is 1. The summed E-state index contributed by atoms with van der Waals surface area (Å²) in [6.07, 6.45) is 2.12. The molecule has 0 aliphatic carbocycles. The van der Waals surface area contributed by atoms with E-state index < -0.39 is 0 Å². The minimum Gasteiger partial charge on any atom is -0.440 e. The third-order valence-corrected chi connectivity index (χ3v) is 4.72. The summed E-state index contributed by atoms with van der Waals surface area (Å²) in [6, 6.07) is 7.75. The Labute approximate surface area is 143 Å². The second kappa shape index (κ2) is 7.34. The van der Waals surface area contributed by atoms with Crippen LogP contribution in [0.15, 0.2) is 28.7 Å². The largest absolute Gasteiger partial charge is 0.440 e. The van der Waals surface area contributed by atoms with Crippen LogP contribution >= 0.6 is 0 Å². The van der Waals surface area contributed by atoms with E-state index in [2.05, 4.69) is 29.0 Å². The maximum Gasteiger partial charge on any atom is 0.237 e. The summed E-state index contributed by atoms with van der Waals surface area (Å²) in [5, 5.41) is 3.04. The molecule has 1 saturated heterocycles. The molecule has 0 spiro atoms. The van der Waals surface area contributed by atoms with E-state index in [-0.39, 0.29) is 17.9 Å². The molecule has 3 rings (SSSR count). The van der Waals surface area contributed by atoms with Gasteiger partial charge < -0.3 is 9.73 Å². The number of carbonyl (C=O) groups excluding carboxylic acids is 1. The van der Waals surface area contributed by atoms with Gasteiger partial charge in [0, 0.05) is 19.0 Å². The molecular weight excluding hydrogens is 302 g/mol. The van der Waals surface area contributed by atoms with E-state index in [4.69, 9.17) is 4.42 Å². The van der Waals surface area contributed by atoms with E-state index >= 15 is 0 Å². The Morgan fingerprint density at radius 1 is 1.38 bits per heavy atom. The van der Waals surface area contributed by atoms with E-state index in [0.717, 1.165) is 49.5 Å². The molecule has 0 saturated carbocycles. The molecule has 2 heterocycles. The van der Waals surface area contributed by atoms with E-state index in [0.29, 0.717) is 5.92 Å². The van der Waals surface area contributed by atoms with Crippen LogP contribution in [0.3, 0.4) is 0 Å². The normalized spacial score (nSPS) is 20.4. The summed E-state index contributed by atoms with van der Waals surface area (Å²) in [5.74, 6) is 1.64. The summed E-state index contributed by atoms with van der Waals surface area (Å²) >= 11 is 0. The summed E-state index contributed by atoms with van der Waals surface area (Å²) < 4.78 is 5.94. The lowest BCUT2D eigenvalue weighted by molar-refractivity contribution is -0.126. The van der Waals surface area contributed by atoms with Crippen molar-refractivity contribution in [2.45, 2.75) is 45.6 Å². The van der Waals surface area contributed by atoms with Gasteiger partial charge in [0.05, 0.1) is 6.04 Å². The molecule has 1 aromatic heterocycles. The van der Waals surface area contributed by atoms with Crippen molar-refractivity contribution < 1.29 is 9.21 Å². The zero-order chi connectivity index (χ0) is 17.1. The van der Waals surface area contributed by atoms with Gasteiger partial charge in [0.1, 0.15) is 5.52 Å². The molecule has 2 unspecified atom stereocenters. The number of nitrogens with zero attached hydrogens (tertiary/aromatic N) is 2. The Kier molecular flexibility index (Phi) is 5.19. The maximum atomic E-state index is 12.3. The lowest BCUT2D eigenvalue weighted by atomic mass is 9.96. The van der Waals surface area contributed by atoms with Gasteiger partial charge in [-0.3, -0.25) is 9.69 Å². The maximum absolute atomic E-state index is 12.3. The number of oxazole rings is 1. The number of benzene rings is 1. The van der Waals surface area contributed by atoms with Gasteiger partial charge in [0.2, 0.25) is 5.91 Å². The molecule has 1 aliphatic rings. The summed E-state index contributed by atoms with van der Waals surface area (Å²) in [7, 11) is 0. The monoisotopic (exact) mass is 329 g/mol. The van der Waals surface area contributed by atoms with Crippen LogP contribution in [-0.4, -0.2) is 41.5 Å². The zero-order valence-corrected chi connectivity index (χ0v) is 14.8. The number of rotatable bonds is 5. The standard InChI is InChI=1S/C19H27N3O2/c1-13(2)11-20-18(23)14(3)22-10-6-7-15(12-22)19-21-16-8-4-5-9-17(16)24-19/h4-5,8-9,13-15H,6-7,10-12H2,1-3H3,(H,20,23). The van der Waals surface area contributed by atoms with Crippen LogP contribution in [0.25, 0.3) is 11.1 Å². The summed E-state index contributed by atoms with van der Waals surface area (Å²) in [6.45, 7) is 8.70. The number of amides is 1. The van der Waals surface area contributed by atoms with Gasteiger partial charge in [0.25, 0.3) is 0 Å². The topological polar surface area (TPSA) is 58.4 Å². The first-order chi connectivity index (χ1) is 11.5. The first kappa shape index (κ1) is 17.0. The Hall–Kier alpha value is -1.88. The molecule has 130 valence electrons. The van der Waals surface area contributed by atoms with Gasteiger partial charge in [-0.1, -0.05) is 26.0 Å². The molecule has 2 aromatic rings. The van der Waals surface area contributed by atoms with Crippen LogP contribution in [0.4, 0.5) is 0 Å². The lowest BCUT2D eigenvalue weighted by Crippen LogP contribution is -2.49. The minimum atomic E-state index is -0.115. The second-order valence-corrected chi connectivity index (χ2v) is 7.17. The highest BCUT2D eigenvalue weighted by molar-refractivity contribution is 5.81. The zero-order valence-electron chi connectivity index (χ0n) is 14.8. The Balaban J connectivity index is 1.66. The number of hydrogen-bond donors (Lipinski definition) is 1. The fourth-order valence-corrected chi connectivity index (χ4v) is 3.24. The van der Waals surface area contributed by atoms with Crippen molar-refractivity contribution in [1.82, 2.24) is 15.2 Å². The molecule has 5 nitrogen and oxygen atoms in total. The second-order valence-electron chi connectivity index (χ2n) is 7.17. The van der Waals surface area contributed by atoms with Crippen molar-refractivity contribution in [3.05, 3.63) is 30.2 Å². The van der Waals surface area contributed by atoms with Gasteiger partial charge >= 0.3 is 0 Å². The molecule has 0 radical (unpaired) electrons. The molecular formula is C19H27N3O2. The SMILES string of the molecule is CC(C)CNC(=O)C(C)N1CCCC(c2nc3ccccc3o2)C1. The fraction of sp³-hybridized carbons (Fsp3) is 0.579. The number of likely N-dealkylation sites (tertiary alicyclic amines) is 1. The van der Waals surface area contributed by atoms with Crippen LogP contribution in [-0.2, 0) is 4.79 Å². The Morgan fingerprint density at radius 3 is 2.92 bits per heavy atom. The van der Waals surface area contributed by atoms with Crippen LogP contribution in [0.1, 0.15) is 45.4 Å². The molecule has 1 amide bonds. The number of carbonyl (C=O) groups is 1. The average molecular weight is 329 g/mol. The van der Waals surface area contributed by atoms with Gasteiger partial charge in [-0.15, -0.1) is 0 Å². The van der Waals surface area contributed by atoms with Crippen LogP contribution in [0, 0.1) is 5.92 Å². The highest BCUT2D eigenvalue weighted by Gasteiger charge is 2.30. The lowest BCUT2D eigenvalue weighted by Gasteiger charge is -2.35. The molecule has 5 heteroatoms. The van der Waals surface area contributed by atoms with E-state index in [1.807, 2.05) is 31.2 Å². The Bertz CT molecular complexity index is 662. The van der Waals surface area contributed by atoms with Crippen molar-refractivity contribution in [2.75, 3.05) is 19.6 Å². The smallest absolute Gasteiger partial charge is 0.237 e. The van der Waals surface area contributed by atoms with Crippen molar-refractivity contribution in [1.29, 1.82) is 0 Å². The van der Waals surface area contributed by atoms with Crippen LogP contribution in [0.2, 0.25) is 0 Å². The third kappa shape index (κ3) is 3.78. The molecule has 24 heavy (non-hydrogen) atoms. The van der Waals surface area contributed by atoms with Gasteiger partial charge in [-0.05, 0) is 44.4 Å². The fourth-order valence-electron chi connectivity index (χ4n) is 3.24. The number of aromatic nitrogens is 1. The van der Waals surface area contributed by atoms with Gasteiger partial charge in [0.15, 0.2) is 11.5 Å². The number of hydrogen-bond acceptors (Lipinski definition) is 4. The third-order valence-electron chi connectivity index (χ3n) is 4.72. The van der Waals surface area contributed by atoms with E-state index in [1.54, 1.807) is 0 Å². The predicted molar refractivity (Wildman–Crippen MR) is 94.9 cm³/mol. The summed E-state index contributed by atoms with van der Waals surface area (Å²) in [5.41, 5.74) is 1.75. The number of para-hydroxylation sites is 2. The molecule has 1 aliphatic heterocycles. The predicted octanol–water partition coefficient (Wildman–Crippen LogP) is 3.17. The average Bonchev–Trinajstić information content (AvgIpc) is 3.03. The number of nitrogens with one attached hydrogen (secondary N) is 1. The Morgan fingerprint density at radius 2 is 2.17 bits per heavy atom.